The van der Waals surface area contributed by atoms with E-state index in [1.807, 2.05) is 0 Å². The molecule has 0 spiro atoms. The Bertz CT molecular complexity index is 575. The molecule has 0 N–H and O–H groups in total. The van der Waals surface area contributed by atoms with Gasteiger partial charge in [-0.25, -0.2) is 13.2 Å². The summed E-state index contributed by atoms with van der Waals surface area (Å²) in [7, 11) is -3.28. The van der Waals surface area contributed by atoms with Crippen LogP contribution in [0.2, 0.25) is 0 Å². The summed E-state index contributed by atoms with van der Waals surface area (Å²) in [4.78, 5) is 11.7. The molecule has 0 amide bonds. The first kappa shape index (κ1) is 15.6. The van der Waals surface area contributed by atoms with Gasteiger partial charge in [0.2, 0.25) is 5.82 Å². The van der Waals surface area contributed by atoms with Crippen LogP contribution in [0.5, 0.6) is 0 Å². The zero-order valence-corrected chi connectivity index (χ0v) is 12.6. The Balaban J connectivity index is 3.15. The molecule has 0 unspecified atom stereocenters. The molecule has 0 saturated carbocycles. The third-order valence-electron chi connectivity index (χ3n) is 2.94. The number of hydrogen-bond donors (Lipinski definition) is 0. The summed E-state index contributed by atoms with van der Waals surface area (Å²) in [6.45, 7) is 6.85. The molecule has 0 aliphatic rings. The number of rotatable bonds is 5. The molecule has 8 heteroatoms. The van der Waals surface area contributed by atoms with Gasteiger partial charge < -0.3 is 9.30 Å². The van der Waals surface area contributed by atoms with E-state index in [1.165, 1.54) is 4.57 Å². The fraction of sp³-hybridized carbons (Fsp3) is 0.727. The third kappa shape index (κ3) is 3.31. The fourth-order valence-electron chi connectivity index (χ4n) is 1.41. The van der Waals surface area contributed by atoms with Crippen LogP contribution < -0.4 is 0 Å². The number of nitrogens with zero attached hydrogens (tertiary/aromatic N) is 3. The monoisotopic (exact) mass is 289 g/mol. The topological polar surface area (TPSA) is 91.2 Å². The van der Waals surface area contributed by atoms with Crippen molar-refractivity contribution >= 4 is 15.8 Å². The maximum atomic E-state index is 11.7. The van der Waals surface area contributed by atoms with Crippen molar-refractivity contribution in [1.82, 2.24) is 14.8 Å². The minimum Gasteiger partial charge on any atom is -0.460 e. The van der Waals surface area contributed by atoms with Gasteiger partial charge in [-0.05, 0) is 27.7 Å². The maximum absolute atomic E-state index is 11.7. The van der Waals surface area contributed by atoms with Crippen LogP contribution in [-0.2, 0) is 21.1 Å². The summed E-state index contributed by atoms with van der Waals surface area (Å²) >= 11 is 0. The second-order valence-electron chi connectivity index (χ2n) is 4.91. The van der Waals surface area contributed by atoms with E-state index < -0.39 is 20.6 Å². The van der Waals surface area contributed by atoms with Crippen molar-refractivity contribution in [2.45, 2.75) is 39.0 Å². The number of hydrogen-bond acceptors (Lipinski definition) is 6. The highest BCUT2D eigenvalue weighted by Crippen LogP contribution is 2.19. The number of esters is 1. The van der Waals surface area contributed by atoms with E-state index in [1.54, 1.807) is 27.7 Å². The summed E-state index contributed by atoms with van der Waals surface area (Å²) in [5.74, 6) is -0.108. The molecule has 19 heavy (non-hydrogen) atoms. The van der Waals surface area contributed by atoms with Gasteiger partial charge in [-0.1, -0.05) is 0 Å². The molecule has 0 aliphatic heterocycles. The maximum Gasteiger partial charge on any atom is 0.376 e. The van der Waals surface area contributed by atoms with Gasteiger partial charge in [0.05, 0.1) is 11.4 Å². The van der Waals surface area contributed by atoms with Crippen molar-refractivity contribution in [1.29, 1.82) is 0 Å². The number of ether oxygens (including phenoxy) is 1. The molecule has 0 radical (unpaired) electrons. The Hall–Kier alpha value is -1.44. The van der Waals surface area contributed by atoms with Crippen LogP contribution in [-0.4, -0.2) is 46.8 Å². The number of aryl methyl sites for hydroxylation is 1. The van der Waals surface area contributed by atoms with Crippen molar-refractivity contribution in [2.75, 3.05) is 12.9 Å². The van der Waals surface area contributed by atoms with Gasteiger partial charge in [0.15, 0.2) is 9.84 Å². The molecule has 1 heterocycles. The van der Waals surface area contributed by atoms with Gasteiger partial charge in [-0.15, -0.1) is 10.2 Å². The molecule has 0 atom stereocenters. The molecule has 0 bridgehead atoms. The molecule has 1 aromatic rings. The highest BCUT2D eigenvalue weighted by Gasteiger charge is 2.33. The van der Waals surface area contributed by atoms with E-state index in [0.29, 0.717) is 5.82 Å². The number of carbonyl (C=O) groups excluding carboxylic acids is 1. The lowest BCUT2D eigenvalue weighted by atomic mass is 10.2. The molecule has 108 valence electrons. The first-order valence-electron chi connectivity index (χ1n) is 5.86. The van der Waals surface area contributed by atoms with Gasteiger partial charge in [0.1, 0.15) is 5.82 Å². The van der Waals surface area contributed by atoms with E-state index in [2.05, 4.69) is 10.2 Å². The predicted molar refractivity (Wildman–Crippen MR) is 69.6 cm³/mol. The largest absolute Gasteiger partial charge is 0.460 e. The first-order valence-corrected chi connectivity index (χ1v) is 7.76. The minimum absolute atomic E-state index is 0.0241. The van der Waals surface area contributed by atoms with Gasteiger partial charge in [-0.3, -0.25) is 0 Å². The van der Waals surface area contributed by atoms with Crippen molar-refractivity contribution in [3.8, 4) is 0 Å². The second kappa shape index (κ2) is 5.28. The second-order valence-corrected chi connectivity index (χ2v) is 7.56. The van der Waals surface area contributed by atoms with Crippen molar-refractivity contribution in [2.24, 2.45) is 0 Å². The number of carbonyl (C=O) groups is 1. The van der Waals surface area contributed by atoms with E-state index in [-0.39, 0.29) is 19.0 Å². The Morgan fingerprint density at radius 2 is 1.95 bits per heavy atom. The van der Waals surface area contributed by atoms with Crippen LogP contribution in [0.25, 0.3) is 0 Å². The van der Waals surface area contributed by atoms with Crippen molar-refractivity contribution < 1.29 is 17.9 Å². The number of sulfone groups is 1. The average Bonchev–Trinajstić information content (AvgIpc) is 2.59. The summed E-state index contributed by atoms with van der Waals surface area (Å²) in [5.41, 5.74) is 0. The zero-order chi connectivity index (χ0) is 14.8. The normalized spacial score (nSPS) is 12.5. The summed E-state index contributed by atoms with van der Waals surface area (Å²) in [5, 5.41) is 7.55. The summed E-state index contributed by atoms with van der Waals surface area (Å²) in [6.07, 6.45) is 1.16. The molecule has 1 rings (SSSR count). The van der Waals surface area contributed by atoms with Crippen LogP contribution in [0.4, 0.5) is 0 Å². The average molecular weight is 289 g/mol. The lowest BCUT2D eigenvalue weighted by molar-refractivity contribution is 0.0505. The van der Waals surface area contributed by atoms with Crippen molar-refractivity contribution in [3.63, 3.8) is 0 Å². The molecule has 0 aliphatic carbocycles. The predicted octanol–water partition coefficient (Wildman–Crippen LogP) is 0.586. The Kier molecular flexibility index (Phi) is 4.34. The molecule has 1 aromatic heterocycles. The zero-order valence-electron chi connectivity index (χ0n) is 11.8. The van der Waals surface area contributed by atoms with Crippen molar-refractivity contribution in [3.05, 3.63) is 11.6 Å². The smallest absolute Gasteiger partial charge is 0.376 e. The molecule has 0 saturated heterocycles. The van der Waals surface area contributed by atoms with E-state index in [0.717, 1.165) is 6.26 Å². The van der Waals surface area contributed by atoms with Crippen LogP contribution in [0.1, 0.15) is 37.2 Å². The van der Waals surface area contributed by atoms with Gasteiger partial charge in [0, 0.05) is 12.8 Å². The van der Waals surface area contributed by atoms with E-state index in [4.69, 9.17) is 4.74 Å². The number of aromatic nitrogens is 3. The van der Waals surface area contributed by atoms with Crippen LogP contribution >= 0.6 is 0 Å². The standard InChI is InChI=1S/C11H19N3O4S/c1-6-18-10(15)9-13-12-8(2)14(9)7-11(3,4)19(5,16)17/h6-7H2,1-5H3. The van der Waals surface area contributed by atoms with Crippen LogP contribution in [0.3, 0.4) is 0 Å². The van der Waals surface area contributed by atoms with Crippen LogP contribution in [0, 0.1) is 6.92 Å². The molecular weight excluding hydrogens is 270 g/mol. The third-order valence-corrected chi connectivity index (χ3v) is 5.07. The lowest BCUT2D eigenvalue weighted by Gasteiger charge is -2.23. The van der Waals surface area contributed by atoms with E-state index in [9.17, 15) is 13.2 Å². The Labute approximate surface area is 112 Å². The Morgan fingerprint density at radius 3 is 2.42 bits per heavy atom. The SMILES string of the molecule is CCOC(=O)c1nnc(C)n1CC(C)(C)S(C)(=O)=O. The fourth-order valence-corrected chi connectivity index (χ4v) is 1.78. The van der Waals surface area contributed by atoms with E-state index >= 15 is 0 Å². The quantitative estimate of drug-likeness (QED) is 0.737. The van der Waals surface area contributed by atoms with Crippen LogP contribution in [0.15, 0.2) is 0 Å². The first-order chi connectivity index (χ1) is 8.60. The molecule has 7 nitrogen and oxygen atoms in total. The summed E-state index contributed by atoms with van der Waals surface area (Å²) < 4.78 is 28.8. The molecule has 0 fully saturated rings. The summed E-state index contributed by atoms with van der Waals surface area (Å²) in [6, 6.07) is 0. The lowest BCUT2D eigenvalue weighted by Crippen LogP contribution is -2.37. The molecular formula is C11H19N3O4S. The van der Waals surface area contributed by atoms with Gasteiger partial charge in [-0.2, -0.15) is 0 Å². The highest BCUT2D eigenvalue weighted by molar-refractivity contribution is 7.92. The van der Waals surface area contributed by atoms with Gasteiger partial charge >= 0.3 is 5.97 Å². The molecule has 0 aromatic carbocycles. The van der Waals surface area contributed by atoms with Gasteiger partial charge in [0.25, 0.3) is 0 Å². The Morgan fingerprint density at radius 1 is 1.37 bits per heavy atom. The highest BCUT2D eigenvalue weighted by atomic mass is 32.2. The minimum atomic E-state index is -3.28.